The summed E-state index contributed by atoms with van der Waals surface area (Å²) < 4.78 is 29.1. The molecule has 3 aromatic rings. The third-order valence-corrected chi connectivity index (χ3v) is 4.45. The van der Waals surface area contributed by atoms with E-state index in [9.17, 15) is 8.42 Å². The van der Waals surface area contributed by atoms with Gasteiger partial charge < -0.3 is 5.73 Å². The van der Waals surface area contributed by atoms with Crippen molar-refractivity contribution < 1.29 is 8.42 Å². The van der Waals surface area contributed by atoms with E-state index in [2.05, 4.69) is 14.7 Å². The van der Waals surface area contributed by atoms with Gasteiger partial charge in [0, 0.05) is 12.4 Å². The first-order chi connectivity index (χ1) is 9.99. The molecule has 0 aliphatic heterocycles. The summed E-state index contributed by atoms with van der Waals surface area (Å²) >= 11 is 0. The lowest BCUT2D eigenvalue weighted by Gasteiger charge is -2.10. The lowest BCUT2D eigenvalue weighted by molar-refractivity contribution is 0.597. The number of aromatic nitrogens is 3. The predicted octanol–water partition coefficient (Wildman–Crippen LogP) is 1.42. The molecule has 0 saturated carbocycles. The van der Waals surface area contributed by atoms with Gasteiger partial charge in [-0.2, -0.15) is 8.42 Å². The van der Waals surface area contributed by atoms with Gasteiger partial charge in [0.1, 0.15) is 5.65 Å². The fourth-order valence-corrected chi connectivity index (χ4v) is 3.36. The molecule has 21 heavy (non-hydrogen) atoms. The van der Waals surface area contributed by atoms with Crippen LogP contribution in [0.25, 0.3) is 5.65 Å². The number of rotatable bonds is 3. The summed E-state index contributed by atoms with van der Waals surface area (Å²) in [5, 5.41) is -0.0821. The van der Waals surface area contributed by atoms with E-state index in [0.717, 1.165) is 5.56 Å². The maximum atomic E-state index is 12.6. The van der Waals surface area contributed by atoms with Crippen LogP contribution in [0.3, 0.4) is 0 Å². The minimum absolute atomic E-state index is 0.0461. The molecule has 7 nitrogen and oxygen atoms in total. The number of hydrogen-bond donors (Lipinski definition) is 2. The maximum absolute atomic E-state index is 12.6. The van der Waals surface area contributed by atoms with Crippen LogP contribution in [0.4, 0.5) is 11.5 Å². The summed E-state index contributed by atoms with van der Waals surface area (Å²) in [5.74, 6) is -0.0461. The van der Waals surface area contributed by atoms with Crippen LogP contribution in [0.5, 0.6) is 0 Å². The average molecular weight is 303 g/mol. The molecule has 0 aliphatic rings. The Kier molecular flexibility index (Phi) is 3.02. The van der Waals surface area contributed by atoms with Crippen LogP contribution in [-0.2, 0) is 10.0 Å². The molecular formula is C13H13N5O2S. The van der Waals surface area contributed by atoms with Gasteiger partial charge in [-0.25, -0.2) is 4.98 Å². The molecule has 0 aliphatic carbocycles. The van der Waals surface area contributed by atoms with Gasteiger partial charge in [0.2, 0.25) is 5.03 Å². The molecule has 0 saturated heterocycles. The first-order valence-electron chi connectivity index (χ1n) is 6.15. The van der Waals surface area contributed by atoms with Crippen LogP contribution in [0.1, 0.15) is 5.56 Å². The standard InChI is InChI=1S/C13H13N5O2S/c1-9-5-6-15-8-10(9)17-21(19,20)13-12(14)16-11-4-2-3-7-18(11)13/h2-8,17H,14H2,1H3. The third-order valence-electron chi connectivity index (χ3n) is 3.05. The first-order valence-corrected chi connectivity index (χ1v) is 7.63. The number of sulfonamides is 1. The van der Waals surface area contributed by atoms with Crippen molar-refractivity contribution in [3.63, 3.8) is 0 Å². The van der Waals surface area contributed by atoms with E-state index in [1.165, 1.54) is 10.6 Å². The molecule has 8 heteroatoms. The summed E-state index contributed by atoms with van der Waals surface area (Å²) in [5.41, 5.74) is 7.41. The fourth-order valence-electron chi connectivity index (χ4n) is 2.02. The predicted molar refractivity (Wildman–Crippen MR) is 79.4 cm³/mol. The summed E-state index contributed by atoms with van der Waals surface area (Å²) in [6.07, 6.45) is 4.64. The lowest BCUT2D eigenvalue weighted by atomic mass is 10.3. The Balaban J connectivity index is 2.13. The van der Waals surface area contributed by atoms with Crippen molar-refractivity contribution in [3.05, 3.63) is 48.4 Å². The Hall–Kier alpha value is -2.61. The largest absolute Gasteiger partial charge is 0.381 e. The minimum Gasteiger partial charge on any atom is -0.381 e. The Morgan fingerprint density at radius 1 is 1.29 bits per heavy atom. The van der Waals surface area contributed by atoms with E-state index < -0.39 is 10.0 Å². The number of anilines is 2. The summed E-state index contributed by atoms with van der Waals surface area (Å²) in [6.45, 7) is 1.79. The second-order valence-corrected chi connectivity index (χ2v) is 6.12. The van der Waals surface area contributed by atoms with Gasteiger partial charge in [-0.1, -0.05) is 6.07 Å². The van der Waals surface area contributed by atoms with E-state index in [4.69, 9.17) is 5.73 Å². The third kappa shape index (κ3) is 2.29. The molecular weight excluding hydrogens is 290 g/mol. The van der Waals surface area contributed by atoms with E-state index in [1.807, 2.05) is 0 Å². The lowest BCUT2D eigenvalue weighted by Crippen LogP contribution is -2.17. The van der Waals surface area contributed by atoms with E-state index in [-0.39, 0.29) is 10.8 Å². The highest BCUT2D eigenvalue weighted by Crippen LogP contribution is 2.23. The molecule has 3 rings (SSSR count). The van der Waals surface area contributed by atoms with E-state index in [0.29, 0.717) is 11.3 Å². The quantitative estimate of drug-likeness (QED) is 0.762. The normalized spacial score (nSPS) is 11.7. The number of nitrogens with one attached hydrogen (secondary N) is 1. The van der Waals surface area contributed by atoms with Crippen molar-refractivity contribution in [1.29, 1.82) is 0 Å². The molecule has 108 valence electrons. The zero-order valence-corrected chi connectivity index (χ0v) is 12.0. The zero-order chi connectivity index (χ0) is 15.0. The second kappa shape index (κ2) is 4.74. The molecule has 3 aromatic heterocycles. The number of imidazole rings is 1. The number of nitrogen functional groups attached to an aromatic ring is 1. The highest BCUT2D eigenvalue weighted by molar-refractivity contribution is 7.92. The summed E-state index contributed by atoms with van der Waals surface area (Å²) in [6, 6.07) is 6.87. The molecule has 0 fully saturated rings. The molecule has 0 amide bonds. The number of fused-ring (bicyclic) bond motifs is 1. The van der Waals surface area contributed by atoms with Gasteiger partial charge in [-0.05, 0) is 30.7 Å². The highest BCUT2D eigenvalue weighted by Gasteiger charge is 2.24. The molecule has 0 spiro atoms. The number of pyridine rings is 2. The molecule has 0 aromatic carbocycles. The monoisotopic (exact) mass is 303 g/mol. The Bertz CT molecular complexity index is 917. The minimum atomic E-state index is -3.86. The van der Waals surface area contributed by atoms with E-state index >= 15 is 0 Å². The van der Waals surface area contributed by atoms with Crippen molar-refractivity contribution in [2.24, 2.45) is 0 Å². The second-order valence-electron chi connectivity index (χ2n) is 4.53. The number of nitrogens with zero attached hydrogens (tertiary/aromatic N) is 3. The van der Waals surface area contributed by atoms with Crippen molar-refractivity contribution in [2.75, 3.05) is 10.5 Å². The van der Waals surface area contributed by atoms with Crippen LogP contribution >= 0.6 is 0 Å². The molecule has 0 atom stereocenters. The van der Waals surface area contributed by atoms with Gasteiger partial charge >= 0.3 is 0 Å². The van der Waals surface area contributed by atoms with Crippen LogP contribution in [0.2, 0.25) is 0 Å². The van der Waals surface area contributed by atoms with Crippen molar-refractivity contribution in [3.8, 4) is 0 Å². The summed E-state index contributed by atoms with van der Waals surface area (Å²) in [4.78, 5) is 7.96. The van der Waals surface area contributed by atoms with Gasteiger partial charge in [0.15, 0.2) is 5.82 Å². The van der Waals surface area contributed by atoms with Gasteiger partial charge in [-0.3, -0.25) is 14.1 Å². The SMILES string of the molecule is Cc1ccncc1NS(=O)(=O)c1c(N)nc2ccccn12. The smallest absolute Gasteiger partial charge is 0.281 e. The zero-order valence-electron chi connectivity index (χ0n) is 11.2. The molecule has 3 N–H and O–H groups in total. The first kappa shape index (κ1) is 13.4. The Morgan fingerprint density at radius 3 is 2.86 bits per heavy atom. The van der Waals surface area contributed by atoms with Crippen LogP contribution < -0.4 is 10.5 Å². The van der Waals surface area contributed by atoms with Crippen molar-refractivity contribution >= 4 is 27.2 Å². The van der Waals surface area contributed by atoms with Crippen LogP contribution in [0, 0.1) is 6.92 Å². The number of hydrogen-bond acceptors (Lipinski definition) is 5. The maximum Gasteiger partial charge on any atom is 0.281 e. The topological polar surface area (TPSA) is 102 Å². The van der Waals surface area contributed by atoms with Gasteiger partial charge in [0.05, 0.1) is 11.9 Å². The average Bonchev–Trinajstić information content (AvgIpc) is 2.77. The van der Waals surface area contributed by atoms with Crippen molar-refractivity contribution in [1.82, 2.24) is 14.4 Å². The van der Waals surface area contributed by atoms with Crippen LogP contribution in [-0.4, -0.2) is 22.8 Å². The Morgan fingerprint density at radius 2 is 2.10 bits per heavy atom. The summed E-state index contributed by atoms with van der Waals surface area (Å²) in [7, 11) is -3.86. The fraction of sp³-hybridized carbons (Fsp3) is 0.0769. The van der Waals surface area contributed by atoms with Gasteiger partial charge in [0.25, 0.3) is 10.0 Å². The van der Waals surface area contributed by atoms with Gasteiger partial charge in [-0.15, -0.1) is 0 Å². The highest BCUT2D eigenvalue weighted by atomic mass is 32.2. The molecule has 0 bridgehead atoms. The number of aryl methyl sites for hydroxylation is 1. The number of nitrogens with two attached hydrogens (primary N) is 1. The molecule has 0 radical (unpaired) electrons. The van der Waals surface area contributed by atoms with E-state index in [1.54, 1.807) is 43.6 Å². The molecule has 0 unspecified atom stereocenters. The Labute approximate surface area is 121 Å². The van der Waals surface area contributed by atoms with Crippen LogP contribution in [0.15, 0.2) is 47.9 Å². The molecule has 3 heterocycles. The van der Waals surface area contributed by atoms with Crippen molar-refractivity contribution in [2.45, 2.75) is 11.9 Å².